The standard InChI is InChI=1S/C18H26N2O2/c1-2-20(22)19-16-10-5-3-4-9-13-18(21)15-14-17-11-7-6-8-12-17/h2,6-8,11-12H,1,3-5,9-10,13-16H2. The summed E-state index contributed by atoms with van der Waals surface area (Å²) in [6.07, 6.45) is 8.41. The Morgan fingerprint density at radius 1 is 1.09 bits per heavy atom. The summed E-state index contributed by atoms with van der Waals surface area (Å²) in [5, 5.41) is 14.5. The number of benzene rings is 1. The lowest BCUT2D eigenvalue weighted by molar-refractivity contribution is -0.458. The van der Waals surface area contributed by atoms with Gasteiger partial charge in [0.15, 0.2) is 0 Å². The monoisotopic (exact) mass is 302 g/mol. The zero-order chi connectivity index (χ0) is 16.0. The van der Waals surface area contributed by atoms with Crippen LogP contribution < -0.4 is 0 Å². The van der Waals surface area contributed by atoms with Crippen LogP contribution in [0.15, 0.2) is 48.2 Å². The van der Waals surface area contributed by atoms with E-state index in [9.17, 15) is 10.0 Å². The molecule has 1 rings (SSSR count). The van der Waals surface area contributed by atoms with Crippen molar-refractivity contribution in [3.63, 3.8) is 0 Å². The fourth-order valence-corrected chi connectivity index (χ4v) is 2.24. The summed E-state index contributed by atoms with van der Waals surface area (Å²) in [5.74, 6) is 0.354. The van der Waals surface area contributed by atoms with Gasteiger partial charge in [-0.05, 0) is 36.5 Å². The maximum absolute atomic E-state index is 11.8. The maximum Gasteiger partial charge on any atom is 0.202 e. The largest absolute Gasteiger partial charge is 0.595 e. The summed E-state index contributed by atoms with van der Waals surface area (Å²) >= 11 is 0. The molecule has 0 fully saturated rings. The maximum atomic E-state index is 11.8. The van der Waals surface area contributed by atoms with Gasteiger partial charge in [-0.1, -0.05) is 54.5 Å². The van der Waals surface area contributed by atoms with Gasteiger partial charge in [-0.25, -0.2) is 0 Å². The van der Waals surface area contributed by atoms with E-state index in [0.29, 0.717) is 30.0 Å². The fourth-order valence-electron chi connectivity index (χ4n) is 2.24. The lowest BCUT2D eigenvalue weighted by Gasteiger charge is -2.02. The van der Waals surface area contributed by atoms with Crippen LogP contribution in [0.4, 0.5) is 0 Å². The first kappa shape index (κ1) is 18.1. The van der Waals surface area contributed by atoms with Crippen molar-refractivity contribution < 1.29 is 9.66 Å². The molecule has 0 atom stereocenters. The summed E-state index contributed by atoms with van der Waals surface area (Å²) in [6.45, 7) is 3.89. The van der Waals surface area contributed by atoms with Gasteiger partial charge in [-0.15, -0.1) is 0 Å². The van der Waals surface area contributed by atoms with Crippen LogP contribution in [0, 0.1) is 5.21 Å². The minimum absolute atomic E-state index is 0.354. The Balaban J connectivity index is 1.96. The molecule has 1 aromatic rings. The van der Waals surface area contributed by atoms with Crippen molar-refractivity contribution in [3.05, 3.63) is 53.9 Å². The van der Waals surface area contributed by atoms with Crippen molar-refractivity contribution in [1.82, 2.24) is 0 Å². The van der Waals surface area contributed by atoms with Crippen LogP contribution in [-0.2, 0) is 11.2 Å². The summed E-state index contributed by atoms with van der Waals surface area (Å²) in [7, 11) is 0. The Bertz CT molecular complexity index is 469. The highest BCUT2D eigenvalue weighted by atomic mass is 16.5. The second-order valence-electron chi connectivity index (χ2n) is 5.39. The van der Waals surface area contributed by atoms with Crippen molar-refractivity contribution in [3.8, 4) is 0 Å². The summed E-state index contributed by atoms with van der Waals surface area (Å²) in [4.78, 5) is 12.3. The highest BCUT2D eigenvalue weighted by molar-refractivity contribution is 5.78. The smallest absolute Gasteiger partial charge is 0.202 e. The third-order valence-electron chi connectivity index (χ3n) is 3.54. The highest BCUT2D eigenvalue weighted by Gasteiger charge is 2.02. The molecule has 0 aliphatic heterocycles. The van der Waals surface area contributed by atoms with E-state index < -0.39 is 0 Å². The summed E-state index contributed by atoms with van der Waals surface area (Å²) in [6, 6.07) is 10.1. The molecular formula is C18H26N2O2. The molecule has 4 nitrogen and oxygen atoms in total. The average molecular weight is 302 g/mol. The van der Waals surface area contributed by atoms with Crippen molar-refractivity contribution in [1.29, 1.82) is 0 Å². The molecule has 0 aromatic heterocycles. The molecule has 0 bridgehead atoms. The van der Waals surface area contributed by atoms with E-state index >= 15 is 0 Å². The molecule has 0 aliphatic carbocycles. The number of carbonyl (C=O) groups is 1. The third kappa shape index (κ3) is 9.06. The Hall–Kier alpha value is -1.97. The van der Waals surface area contributed by atoms with Crippen molar-refractivity contribution in [2.24, 2.45) is 5.11 Å². The van der Waals surface area contributed by atoms with Gasteiger partial charge in [0.05, 0.1) is 0 Å². The van der Waals surface area contributed by atoms with Crippen LogP contribution in [0.25, 0.3) is 0 Å². The van der Waals surface area contributed by atoms with E-state index in [2.05, 4.69) is 23.8 Å². The molecular weight excluding hydrogens is 276 g/mol. The number of hydrogen-bond donors (Lipinski definition) is 0. The minimum atomic E-state index is 0.354. The van der Waals surface area contributed by atoms with Crippen molar-refractivity contribution in [2.75, 3.05) is 6.54 Å². The number of azo groups is 1. The molecule has 1 aromatic carbocycles. The number of nitrogens with zero attached hydrogens (tertiary/aromatic N) is 2. The molecule has 0 unspecified atom stereocenters. The predicted molar refractivity (Wildman–Crippen MR) is 88.6 cm³/mol. The zero-order valence-electron chi connectivity index (χ0n) is 13.2. The topological polar surface area (TPSA) is 55.5 Å². The molecule has 0 spiro atoms. The number of hydroxylamine groups is 1. The Morgan fingerprint density at radius 2 is 1.77 bits per heavy atom. The third-order valence-corrected chi connectivity index (χ3v) is 3.54. The van der Waals surface area contributed by atoms with Gasteiger partial charge >= 0.3 is 0 Å². The Labute approximate surface area is 133 Å². The second-order valence-corrected chi connectivity index (χ2v) is 5.39. The summed E-state index contributed by atoms with van der Waals surface area (Å²) in [5.41, 5.74) is 1.23. The van der Waals surface area contributed by atoms with E-state index in [4.69, 9.17) is 0 Å². The lowest BCUT2D eigenvalue weighted by atomic mass is 10.0. The van der Waals surface area contributed by atoms with Crippen LogP contribution in [-0.4, -0.2) is 17.2 Å². The first-order chi connectivity index (χ1) is 10.7. The average Bonchev–Trinajstić information content (AvgIpc) is 2.56. The quantitative estimate of drug-likeness (QED) is 0.244. The molecule has 0 N–H and O–H groups in total. The molecule has 0 saturated carbocycles. The molecule has 0 saturated heterocycles. The number of carbonyl (C=O) groups excluding carboxylic acids is 1. The van der Waals surface area contributed by atoms with Crippen LogP contribution in [0.3, 0.4) is 0 Å². The molecule has 22 heavy (non-hydrogen) atoms. The zero-order valence-corrected chi connectivity index (χ0v) is 13.2. The van der Waals surface area contributed by atoms with Crippen LogP contribution in [0.1, 0.15) is 50.5 Å². The highest BCUT2D eigenvalue weighted by Crippen LogP contribution is 2.09. The summed E-state index contributed by atoms with van der Waals surface area (Å²) < 4.78 is 0. The fraction of sp³-hybridized carbons (Fsp3) is 0.500. The first-order valence-electron chi connectivity index (χ1n) is 8.04. The van der Waals surface area contributed by atoms with Crippen LogP contribution >= 0.6 is 0 Å². The molecule has 0 aliphatic rings. The van der Waals surface area contributed by atoms with Gasteiger partial charge in [0.2, 0.25) is 6.20 Å². The van der Waals surface area contributed by atoms with Gasteiger partial charge in [0, 0.05) is 12.8 Å². The van der Waals surface area contributed by atoms with E-state index in [0.717, 1.165) is 44.7 Å². The van der Waals surface area contributed by atoms with Crippen molar-refractivity contribution in [2.45, 2.75) is 51.4 Å². The number of ketones is 1. The minimum Gasteiger partial charge on any atom is -0.595 e. The molecule has 0 heterocycles. The number of Topliss-reactive ketones (excluding diaryl/α,β-unsaturated/α-hetero) is 1. The lowest BCUT2D eigenvalue weighted by Crippen LogP contribution is -2.00. The van der Waals surface area contributed by atoms with Gasteiger partial charge in [-0.2, -0.15) is 0 Å². The van der Waals surface area contributed by atoms with Gasteiger partial charge < -0.3 is 5.21 Å². The predicted octanol–water partition coefficient (Wildman–Crippen LogP) is 4.63. The normalized spacial score (nSPS) is 11.4. The molecule has 0 radical (unpaired) electrons. The molecule has 120 valence electrons. The van der Waals surface area contributed by atoms with Gasteiger partial charge in [0.25, 0.3) is 0 Å². The molecule has 4 heteroatoms. The number of unbranched alkanes of at least 4 members (excludes halogenated alkanes) is 4. The van der Waals surface area contributed by atoms with Crippen LogP contribution in [0.5, 0.6) is 0 Å². The van der Waals surface area contributed by atoms with E-state index in [-0.39, 0.29) is 0 Å². The van der Waals surface area contributed by atoms with Crippen molar-refractivity contribution >= 4 is 5.78 Å². The second kappa shape index (κ2) is 11.7. The van der Waals surface area contributed by atoms with E-state index in [1.807, 2.05) is 18.2 Å². The van der Waals surface area contributed by atoms with Gasteiger partial charge in [-0.3, -0.25) is 4.79 Å². The Kier molecular flexibility index (Phi) is 9.59. The van der Waals surface area contributed by atoms with Gasteiger partial charge in [0.1, 0.15) is 12.3 Å². The number of rotatable bonds is 12. The number of hydrogen-bond acceptors (Lipinski definition) is 3. The SMILES string of the molecule is C=C[N+]([O-])=NCCCCCCCC(=O)CCc1ccccc1. The van der Waals surface area contributed by atoms with E-state index in [1.54, 1.807) is 0 Å². The first-order valence-corrected chi connectivity index (χ1v) is 8.04. The Morgan fingerprint density at radius 3 is 2.50 bits per heavy atom. The van der Waals surface area contributed by atoms with E-state index in [1.165, 1.54) is 5.56 Å². The van der Waals surface area contributed by atoms with Crippen LogP contribution in [0.2, 0.25) is 0 Å². The molecule has 0 amide bonds. The number of aryl methyl sites for hydroxylation is 1.